The number of benzene rings is 2. The first-order chi connectivity index (χ1) is 13.9. The lowest BCUT2D eigenvalue weighted by Crippen LogP contribution is -2.53. The summed E-state index contributed by atoms with van der Waals surface area (Å²) in [7, 11) is 0. The van der Waals surface area contributed by atoms with Crippen molar-refractivity contribution in [3.05, 3.63) is 81.9 Å². The van der Waals surface area contributed by atoms with E-state index < -0.39 is 11.5 Å². The van der Waals surface area contributed by atoms with Gasteiger partial charge in [-0.25, -0.2) is 0 Å². The van der Waals surface area contributed by atoms with E-state index in [9.17, 15) is 9.90 Å². The normalized spacial score (nSPS) is 23.1. The standard InChI is InChI=1S/C24H25Cl2NO2/c1-2-27-16-15-24(29,14-13-19-5-10-21(26)11-6-19)22(17-27)23(28)12-7-18-3-8-20(25)9-4-18/h3-14,22,29H,2,15-17H2,1H3/b12-7+,14-13+. The van der Waals surface area contributed by atoms with E-state index in [0.717, 1.165) is 24.2 Å². The van der Waals surface area contributed by atoms with Crippen LogP contribution in [0.5, 0.6) is 0 Å². The zero-order valence-corrected chi connectivity index (χ0v) is 17.9. The first-order valence-corrected chi connectivity index (χ1v) is 10.5. The number of halogens is 2. The molecule has 2 aromatic carbocycles. The molecule has 0 radical (unpaired) electrons. The smallest absolute Gasteiger partial charge is 0.163 e. The lowest BCUT2D eigenvalue weighted by atomic mass is 9.77. The van der Waals surface area contributed by atoms with Gasteiger partial charge in [0.25, 0.3) is 0 Å². The molecule has 1 fully saturated rings. The number of nitrogens with zero attached hydrogens (tertiary/aromatic N) is 1. The Bertz CT molecular complexity index is 890. The summed E-state index contributed by atoms with van der Waals surface area (Å²) >= 11 is 11.9. The number of allylic oxidation sites excluding steroid dienone is 1. The quantitative estimate of drug-likeness (QED) is 0.627. The van der Waals surface area contributed by atoms with E-state index >= 15 is 0 Å². The van der Waals surface area contributed by atoms with Gasteiger partial charge in [-0.1, -0.05) is 72.6 Å². The summed E-state index contributed by atoms with van der Waals surface area (Å²) in [6.07, 6.45) is 7.47. The molecule has 3 nitrogen and oxygen atoms in total. The molecule has 5 heteroatoms. The minimum absolute atomic E-state index is 0.0821. The highest BCUT2D eigenvalue weighted by molar-refractivity contribution is 6.30. The summed E-state index contributed by atoms with van der Waals surface area (Å²) in [5, 5.41) is 12.7. The maximum Gasteiger partial charge on any atom is 0.163 e. The number of aliphatic hydroxyl groups is 1. The number of hydrogen-bond donors (Lipinski definition) is 1. The minimum atomic E-state index is -1.19. The SMILES string of the molecule is CCN1CCC(O)(/C=C/c2ccc(Cl)cc2)C(C(=O)/C=C/c2ccc(Cl)cc2)C1. The maximum atomic E-state index is 13.0. The zero-order chi connectivity index (χ0) is 20.9. The largest absolute Gasteiger partial charge is 0.385 e. The second-order valence-electron chi connectivity index (χ2n) is 7.36. The van der Waals surface area contributed by atoms with Crippen LogP contribution in [0.4, 0.5) is 0 Å². The zero-order valence-electron chi connectivity index (χ0n) is 16.4. The van der Waals surface area contributed by atoms with Crippen LogP contribution in [0.15, 0.2) is 60.7 Å². The molecule has 1 aliphatic rings. The Labute approximate surface area is 182 Å². The van der Waals surface area contributed by atoms with Gasteiger partial charge in [-0.15, -0.1) is 0 Å². The number of likely N-dealkylation sites (tertiary alicyclic amines) is 1. The minimum Gasteiger partial charge on any atom is -0.385 e. The van der Waals surface area contributed by atoms with Gasteiger partial charge in [-0.3, -0.25) is 4.79 Å². The fourth-order valence-electron chi connectivity index (χ4n) is 3.52. The van der Waals surface area contributed by atoms with Crippen molar-refractivity contribution in [3.63, 3.8) is 0 Å². The van der Waals surface area contributed by atoms with E-state index in [1.165, 1.54) is 0 Å². The summed E-state index contributed by atoms with van der Waals surface area (Å²) in [4.78, 5) is 15.2. The van der Waals surface area contributed by atoms with E-state index in [-0.39, 0.29) is 5.78 Å². The molecule has 29 heavy (non-hydrogen) atoms. The molecular formula is C24H25Cl2NO2. The van der Waals surface area contributed by atoms with Gasteiger partial charge in [0.05, 0.1) is 11.5 Å². The summed E-state index contributed by atoms with van der Waals surface area (Å²) < 4.78 is 0. The monoisotopic (exact) mass is 429 g/mol. The van der Waals surface area contributed by atoms with Crippen LogP contribution in [-0.2, 0) is 4.79 Å². The molecule has 0 bridgehead atoms. The molecule has 1 N–H and O–H groups in total. The van der Waals surface area contributed by atoms with E-state index in [1.54, 1.807) is 30.4 Å². The van der Waals surface area contributed by atoms with Crippen LogP contribution in [0.3, 0.4) is 0 Å². The highest BCUT2D eigenvalue weighted by Crippen LogP contribution is 2.31. The van der Waals surface area contributed by atoms with E-state index in [4.69, 9.17) is 23.2 Å². The average molecular weight is 430 g/mol. The van der Waals surface area contributed by atoms with Crippen molar-refractivity contribution in [1.29, 1.82) is 0 Å². The van der Waals surface area contributed by atoms with Gasteiger partial charge in [0.15, 0.2) is 5.78 Å². The molecule has 3 rings (SSSR count). The lowest BCUT2D eigenvalue weighted by molar-refractivity contribution is -0.129. The van der Waals surface area contributed by atoms with Gasteiger partial charge >= 0.3 is 0 Å². The van der Waals surface area contributed by atoms with E-state index in [0.29, 0.717) is 23.0 Å². The maximum absolute atomic E-state index is 13.0. The number of hydrogen-bond acceptors (Lipinski definition) is 3. The van der Waals surface area contributed by atoms with Gasteiger partial charge in [0.1, 0.15) is 0 Å². The second-order valence-corrected chi connectivity index (χ2v) is 8.23. The van der Waals surface area contributed by atoms with Crippen molar-refractivity contribution < 1.29 is 9.90 Å². The van der Waals surface area contributed by atoms with Gasteiger partial charge in [0.2, 0.25) is 0 Å². The molecular weight excluding hydrogens is 405 g/mol. The van der Waals surface area contributed by atoms with Crippen LogP contribution >= 0.6 is 23.2 Å². The molecule has 152 valence electrons. The first-order valence-electron chi connectivity index (χ1n) is 9.76. The first kappa shape index (κ1) is 21.8. The van der Waals surface area contributed by atoms with Crippen LogP contribution in [0.25, 0.3) is 12.2 Å². The Hall–Kier alpha value is -1.91. The second kappa shape index (κ2) is 9.73. The predicted molar refractivity (Wildman–Crippen MR) is 121 cm³/mol. The van der Waals surface area contributed by atoms with Crippen LogP contribution < -0.4 is 0 Å². The molecule has 2 atom stereocenters. The lowest BCUT2D eigenvalue weighted by Gasteiger charge is -2.41. The van der Waals surface area contributed by atoms with Crippen LogP contribution in [0.1, 0.15) is 24.5 Å². The third-order valence-corrected chi connectivity index (χ3v) is 5.91. The van der Waals surface area contributed by atoms with Crippen molar-refractivity contribution in [2.45, 2.75) is 18.9 Å². The number of ketones is 1. The van der Waals surface area contributed by atoms with Crippen LogP contribution in [0, 0.1) is 5.92 Å². The summed E-state index contributed by atoms with van der Waals surface area (Å²) in [5.74, 6) is -0.607. The van der Waals surface area contributed by atoms with E-state index in [2.05, 4.69) is 11.8 Å². The molecule has 0 saturated carbocycles. The van der Waals surface area contributed by atoms with Crippen LogP contribution in [-0.4, -0.2) is 41.0 Å². The summed E-state index contributed by atoms with van der Waals surface area (Å²) in [6, 6.07) is 14.7. The van der Waals surface area contributed by atoms with Crippen molar-refractivity contribution in [2.24, 2.45) is 5.92 Å². The Morgan fingerprint density at radius 3 is 2.17 bits per heavy atom. The van der Waals surface area contributed by atoms with Gasteiger partial charge in [-0.05, 0) is 54.4 Å². The molecule has 1 saturated heterocycles. The van der Waals surface area contributed by atoms with Crippen molar-refractivity contribution >= 4 is 41.1 Å². The van der Waals surface area contributed by atoms with Crippen molar-refractivity contribution in [3.8, 4) is 0 Å². The van der Waals surface area contributed by atoms with Crippen molar-refractivity contribution in [2.75, 3.05) is 19.6 Å². The molecule has 2 unspecified atom stereocenters. The highest BCUT2D eigenvalue weighted by atomic mass is 35.5. The summed E-state index contributed by atoms with van der Waals surface area (Å²) in [6.45, 7) is 4.20. The Morgan fingerprint density at radius 2 is 1.62 bits per heavy atom. The molecule has 1 aliphatic heterocycles. The fraction of sp³-hybridized carbons (Fsp3) is 0.292. The molecule has 0 aromatic heterocycles. The number of rotatable bonds is 6. The third-order valence-electron chi connectivity index (χ3n) is 5.41. The molecule has 0 aliphatic carbocycles. The fourth-order valence-corrected chi connectivity index (χ4v) is 3.78. The Morgan fingerprint density at radius 1 is 1.07 bits per heavy atom. The van der Waals surface area contributed by atoms with Gasteiger partial charge in [0, 0.05) is 23.1 Å². The third kappa shape index (κ3) is 5.80. The molecule has 0 spiro atoms. The van der Waals surface area contributed by atoms with Crippen molar-refractivity contribution in [1.82, 2.24) is 4.90 Å². The van der Waals surface area contributed by atoms with Crippen LogP contribution in [0.2, 0.25) is 10.0 Å². The summed E-state index contributed by atoms with van der Waals surface area (Å²) in [5.41, 5.74) is 0.641. The molecule has 0 amide bonds. The highest BCUT2D eigenvalue weighted by Gasteiger charge is 2.42. The number of piperidine rings is 1. The number of carbonyl (C=O) groups excluding carboxylic acids is 1. The molecule has 1 heterocycles. The van der Waals surface area contributed by atoms with Gasteiger partial charge in [-0.2, -0.15) is 0 Å². The number of carbonyl (C=O) groups is 1. The predicted octanol–water partition coefficient (Wildman–Crippen LogP) is 5.36. The topological polar surface area (TPSA) is 40.5 Å². The molecule has 2 aromatic rings. The van der Waals surface area contributed by atoms with Gasteiger partial charge < -0.3 is 10.0 Å². The Balaban J connectivity index is 1.81. The average Bonchev–Trinajstić information content (AvgIpc) is 2.73. The van der Waals surface area contributed by atoms with E-state index in [1.807, 2.05) is 42.5 Å². The Kier molecular flexibility index (Phi) is 7.31.